The second-order valence-electron chi connectivity index (χ2n) is 5.20. The minimum absolute atomic E-state index is 0.114. The molecule has 128 valence electrons. The zero-order chi connectivity index (χ0) is 17.5. The number of carbonyl (C=O) groups is 1. The zero-order valence-electron chi connectivity index (χ0n) is 12.9. The highest BCUT2D eigenvalue weighted by molar-refractivity contribution is 6.31. The lowest BCUT2D eigenvalue weighted by Gasteiger charge is -2.21. The van der Waals surface area contributed by atoms with Crippen molar-refractivity contribution in [3.63, 3.8) is 0 Å². The Balaban J connectivity index is 1.83. The van der Waals surface area contributed by atoms with E-state index in [-0.39, 0.29) is 29.4 Å². The maximum absolute atomic E-state index is 11.6. The van der Waals surface area contributed by atoms with E-state index >= 15 is 0 Å². The number of anilines is 1. The maximum atomic E-state index is 11.6. The Hall–Kier alpha value is -2.28. The van der Waals surface area contributed by atoms with Gasteiger partial charge in [-0.15, -0.1) is 0 Å². The van der Waals surface area contributed by atoms with Gasteiger partial charge in [-0.3, -0.25) is 0 Å². The summed E-state index contributed by atoms with van der Waals surface area (Å²) in [7, 11) is 0. The van der Waals surface area contributed by atoms with Crippen molar-refractivity contribution in [2.75, 3.05) is 12.3 Å². The van der Waals surface area contributed by atoms with Crippen molar-refractivity contribution in [2.24, 2.45) is 0 Å². The highest BCUT2D eigenvalue weighted by atomic mass is 35.5. The van der Waals surface area contributed by atoms with Crippen molar-refractivity contribution < 1.29 is 19.7 Å². The molecule has 7 heteroatoms. The van der Waals surface area contributed by atoms with Crippen LogP contribution in [-0.2, 0) is 11.3 Å². The van der Waals surface area contributed by atoms with Gasteiger partial charge in [-0.1, -0.05) is 48.0 Å². The number of nitrogen functional groups attached to an aromatic ring is 1. The molecule has 2 atom stereocenters. The fraction of sp³-hybridized carbons (Fsp3) is 0.235. The van der Waals surface area contributed by atoms with E-state index < -0.39 is 18.3 Å². The van der Waals surface area contributed by atoms with Crippen LogP contribution in [-0.4, -0.2) is 29.0 Å². The molecule has 6 nitrogen and oxygen atoms in total. The number of halogens is 1. The largest absolute Gasteiger partial charge is 0.445 e. The first-order valence-electron chi connectivity index (χ1n) is 7.33. The monoisotopic (exact) mass is 350 g/mol. The highest BCUT2D eigenvalue weighted by Crippen LogP contribution is 2.30. The topological polar surface area (TPSA) is 105 Å². The van der Waals surface area contributed by atoms with Crippen LogP contribution in [0, 0.1) is 0 Å². The quantitative estimate of drug-likeness (QED) is 0.598. The van der Waals surface area contributed by atoms with Crippen LogP contribution >= 0.6 is 11.6 Å². The minimum atomic E-state index is -1.33. The first-order valence-corrected chi connectivity index (χ1v) is 7.71. The average Bonchev–Trinajstić information content (AvgIpc) is 2.58. The van der Waals surface area contributed by atoms with Crippen molar-refractivity contribution in [1.29, 1.82) is 0 Å². The van der Waals surface area contributed by atoms with Gasteiger partial charge in [0.25, 0.3) is 0 Å². The second-order valence-corrected chi connectivity index (χ2v) is 5.60. The molecular weight excluding hydrogens is 332 g/mol. The van der Waals surface area contributed by atoms with Crippen molar-refractivity contribution >= 4 is 23.4 Å². The lowest BCUT2D eigenvalue weighted by atomic mass is 10.0. The molecular formula is C17H19ClN2O4. The maximum Gasteiger partial charge on any atom is 0.407 e. The molecule has 0 bridgehead atoms. The van der Waals surface area contributed by atoms with Gasteiger partial charge in [0.15, 0.2) is 0 Å². The average molecular weight is 351 g/mol. The van der Waals surface area contributed by atoms with E-state index in [1.165, 1.54) is 0 Å². The summed E-state index contributed by atoms with van der Waals surface area (Å²) in [6.07, 6.45) is -3.30. The van der Waals surface area contributed by atoms with E-state index in [1.807, 2.05) is 30.3 Å². The number of alkyl carbamates (subject to hydrolysis) is 1. The minimum Gasteiger partial charge on any atom is -0.445 e. The molecule has 0 aliphatic carbocycles. The smallest absolute Gasteiger partial charge is 0.407 e. The number of benzene rings is 2. The van der Waals surface area contributed by atoms with Gasteiger partial charge in [0.2, 0.25) is 0 Å². The number of nitrogens with two attached hydrogens (primary N) is 1. The Bertz CT molecular complexity index is 661. The third kappa shape index (κ3) is 4.86. The molecule has 24 heavy (non-hydrogen) atoms. The lowest BCUT2D eigenvalue weighted by molar-refractivity contribution is 0.0189. The summed E-state index contributed by atoms with van der Waals surface area (Å²) in [6, 6.07) is 14.0. The van der Waals surface area contributed by atoms with Crippen molar-refractivity contribution in [3.8, 4) is 0 Å². The summed E-state index contributed by atoms with van der Waals surface area (Å²) in [5.41, 5.74) is 7.10. The Morgan fingerprint density at radius 3 is 2.54 bits per heavy atom. The summed E-state index contributed by atoms with van der Waals surface area (Å²) >= 11 is 5.99. The molecule has 5 N–H and O–H groups in total. The normalized spacial score (nSPS) is 13.1. The Kier molecular flexibility index (Phi) is 6.43. The fourth-order valence-corrected chi connectivity index (χ4v) is 2.43. The Morgan fingerprint density at radius 1 is 1.17 bits per heavy atom. The van der Waals surface area contributed by atoms with Gasteiger partial charge < -0.3 is 26.0 Å². The van der Waals surface area contributed by atoms with Crippen LogP contribution in [0.2, 0.25) is 5.02 Å². The van der Waals surface area contributed by atoms with Crippen LogP contribution in [0.5, 0.6) is 0 Å². The van der Waals surface area contributed by atoms with Gasteiger partial charge >= 0.3 is 6.09 Å². The van der Waals surface area contributed by atoms with E-state index in [9.17, 15) is 15.0 Å². The summed E-state index contributed by atoms with van der Waals surface area (Å²) in [5.74, 6) is 0. The number of ether oxygens (including phenoxy) is 1. The SMILES string of the molecule is Nc1cccc(Cl)c1C(O)C(O)CNC(=O)OCc1ccccc1. The molecule has 0 aliphatic rings. The van der Waals surface area contributed by atoms with Crippen LogP contribution in [0.25, 0.3) is 0 Å². The van der Waals surface area contributed by atoms with Crippen molar-refractivity contribution in [3.05, 3.63) is 64.7 Å². The second kappa shape index (κ2) is 8.54. The molecule has 2 rings (SSSR count). The fourth-order valence-electron chi connectivity index (χ4n) is 2.13. The first-order chi connectivity index (χ1) is 11.5. The molecule has 0 fully saturated rings. The first kappa shape index (κ1) is 18.1. The molecule has 2 aromatic carbocycles. The molecule has 2 unspecified atom stereocenters. The standard InChI is InChI=1S/C17H19ClN2O4/c18-12-7-4-8-13(19)15(12)16(22)14(21)9-20-17(23)24-10-11-5-2-1-3-6-11/h1-8,14,16,21-22H,9-10,19H2,(H,20,23). The lowest BCUT2D eigenvalue weighted by Crippen LogP contribution is -2.36. The van der Waals surface area contributed by atoms with Crippen LogP contribution in [0.15, 0.2) is 48.5 Å². The summed E-state index contributed by atoms with van der Waals surface area (Å²) < 4.78 is 5.02. The van der Waals surface area contributed by atoms with E-state index in [0.29, 0.717) is 0 Å². The molecule has 0 aliphatic heterocycles. The van der Waals surface area contributed by atoms with Crippen molar-refractivity contribution in [1.82, 2.24) is 5.32 Å². The van der Waals surface area contributed by atoms with Gasteiger partial charge in [0, 0.05) is 22.8 Å². The van der Waals surface area contributed by atoms with Gasteiger partial charge in [-0.25, -0.2) is 4.79 Å². The number of aliphatic hydroxyl groups is 2. The number of amides is 1. The van der Waals surface area contributed by atoms with E-state index in [2.05, 4.69) is 5.32 Å². The van der Waals surface area contributed by atoms with E-state index in [1.54, 1.807) is 18.2 Å². The van der Waals surface area contributed by atoms with Gasteiger partial charge in [-0.05, 0) is 17.7 Å². The molecule has 0 saturated carbocycles. The summed E-state index contributed by atoms with van der Waals surface area (Å²) in [4.78, 5) is 11.6. The predicted octanol–water partition coefficient (Wildman–Crippen LogP) is 2.24. The van der Waals surface area contributed by atoms with E-state index in [0.717, 1.165) is 5.56 Å². The Labute approximate surface area is 144 Å². The summed E-state index contributed by atoms with van der Waals surface area (Å²) in [5, 5.41) is 22.8. The van der Waals surface area contributed by atoms with Gasteiger partial charge in [0.1, 0.15) is 18.8 Å². The van der Waals surface area contributed by atoms with Crippen LogP contribution in [0.3, 0.4) is 0 Å². The number of hydrogen-bond donors (Lipinski definition) is 4. The van der Waals surface area contributed by atoms with Crippen molar-refractivity contribution in [2.45, 2.75) is 18.8 Å². The van der Waals surface area contributed by atoms with Crippen LogP contribution < -0.4 is 11.1 Å². The third-order valence-electron chi connectivity index (χ3n) is 3.42. The molecule has 0 saturated heterocycles. The molecule has 0 spiro atoms. The summed E-state index contributed by atoms with van der Waals surface area (Å²) in [6.45, 7) is -0.0950. The number of rotatable bonds is 6. The molecule has 0 aromatic heterocycles. The Morgan fingerprint density at radius 2 is 1.88 bits per heavy atom. The molecule has 0 radical (unpaired) electrons. The number of nitrogens with one attached hydrogen (secondary N) is 1. The van der Waals surface area contributed by atoms with Gasteiger partial charge in [0.05, 0.1) is 0 Å². The van der Waals surface area contributed by atoms with Crippen LogP contribution in [0.1, 0.15) is 17.2 Å². The molecule has 1 amide bonds. The van der Waals surface area contributed by atoms with Crippen LogP contribution in [0.4, 0.5) is 10.5 Å². The molecule has 0 heterocycles. The predicted molar refractivity (Wildman–Crippen MR) is 91.5 cm³/mol. The van der Waals surface area contributed by atoms with E-state index in [4.69, 9.17) is 22.1 Å². The highest BCUT2D eigenvalue weighted by Gasteiger charge is 2.23. The number of carbonyl (C=O) groups excluding carboxylic acids is 1. The number of hydrogen-bond acceptors (Lipinski definition) is 5. The third-order valence-corrected chi connectivity index (χ3v) is 3.74. The van der Waals surface area contributed by atoms with Gasteiger partial charge in [-0.2, -0.15) is 0 Å². The number of aliphatic hydroxyl groups excluding tert-OH is 2. The zero-order valence-corrected chi connectivity index (χ0v) is 13.6. The molecule has 2 aromatic rings.